The molecule has 54 heavy (non-hydrogen) atoms. The largest absolute Gasteiger partial charge is 0.461 e. The van der Waals surface area contributed by atoms with Crippen molar-refractivity contribution in [2.24, 2.45) is 11.8 Å². The van der Waals surface area contributed by atoms with Crippen LogP contribution in [0.2, 0.25) is 18.1 Å². The molecule has 0 unspecified atom stereocenters. The van der Waals surface area contributed by atoms with Crippen LogP contribution < -0.4 is 10.6 Å². The van der Waals surface area contributed by atoms with E-state index in [2.05, 4.69) is 44.5 Å². The maximum absolute atomic E-state index is 14.6. The smallest absolute Gasteiger partial charge is 0.410 e. The van der Waals surface area contributed by atoms with Crippen LogP contribution in [-0.2, 0) is 39.6 Å². The summed E-state index contributed by atoms with van der Waals surface area (Å²) in [7, 11) is -1.04. The molecule has 0 aliphatic rings. The van der Waals surface area contributed by atoms with Gasteiger partial charge in [-0.15, -0.1) is 0 Å². The number of nitrogens with one attached hydrogen (secondary N) is 2. The van der Waals surface area contributed by atoms with E-state index in [1.165, 1.54) is 11.9 Å². The molecule has 3 amide bonds. The van der Waals surface area contributed by atoms with Crippen molar-refractivity contribution in [3.05, 3.63) is 35.9 Å². The van der Waals surface area contributed by atoms with Gasteiger partial charge in [-0.05, 0) is 69.6 Å². The van der Waals surface area contributed by atoms with Crippen molar-refractivity contribution in [1.82, 2.24) is 15.5 Å². The summed E-state index contributed by atoms with van der Waals surface area (Å²) >= 11 is 17.6. The van der Waals surface area contributed by atoms with E-state index >= 15 is 0 Å². The van der Waals surface area contributed by atoms with E-state index < -0.39 is 78.5 Å². The number of ether oxygens (including phenoxy) is 3. The second kappa shape index (κ2) is 21.4. The molecule has 0 heterocycles. The summed E-state index contributed by atoms with van der Waals surface area (Å²) in [5.74, 6) is -1.91. The van der Waals surface area contributed by atoms with Gasteiger partial charge in [-0.25, -0.2) is 4.79 Å². The molecule has 11 nitrogen and oxygen atoms in total. The number of amides is 3. The lowest BCUT2D eigenvalue weighted by Crippen LogP contribution is -2.62. The number of benzene rings is 1. The number of halogens is 3. The lowest BCUT2D eigenvalue weighted by atomic mass is 9.92. The molecule has 2 N–H and O–H groups in total. The average Bonchev–Trinajstić information content (AvgIpc) is 3.03. The quantitative estimate of drug-likeness (QED) is 0.0805. The second-order valence-electron chi connectivity index (χ2n) is 17.0. The van der Waals surface area contributed by atoms with Gasteiger partial charge in [0.05, 0.1) is 31.3 Å². The van der Waals surface area contributed by atoms with E-state index in [4.69, 9.17) is 53.4 Å². The summed E-state index contributed by atoms with van der Waals surface area (Å²) in [6.07, 6.45) is -1.61. The molecule has 0 bridgehead atoms. The summed E-state index contributed by atoms with van der Waals surface area (Å²) in [5, 5.41) is 5.82. The highest BCUT2D eigenvalue weighted by Gasteiger charge is 2.44. The summed E-state index contributed by atoms with van der Waals surface area (Å²) in [6, 6.07) is 6.60. The predicted molar refractivity (Wildman–Crippen MR) is 219 cm³/mol. The number of hydrogen-bond donors (Lipinski definition) is 2. The minimum Gasteiger partial charge on any atom is -0.461 e. The number of likely N-dealkylation sites (N-methyl/N-ethyl adjacent to an activating group) is 1. The van der Waals surface area contributed by atoms with Crippen molar-refractivity contribution in [1.29, 1.82) is 0 Å². The lowest BCUT2D eigenvalue weighted by Gasteiger charge is -2.43. The molecule has 0 aliphatic heterocycles. The van der Waals surface area contributed by atoms with Crippen LogP contribution in [0.3, 0.4) is 0 Å². The van der Waals surface area contributed by atoms with Crippen LogP contribution in [0.4, 0.5) is 4.79 Å². The standard InChI is InChI=1S/C39H66Cl3N3O8Si/c1-15-26(4)32(30(53-54(13,14)38(9,10)11)22-31(46)51-24-39(40,41)42)43-35(48)33(27(5)50-23-28-19-17-16-18-20-28)44-34(47)29(21-25(2)3)45(12)36(49)52-37(6,7)8/h16-20,25-27,29-30,32-33H,15,21-24H2,1-14H3,(H,43,48)(H,44,47)/t26-,27+,29+,30-,32+,33-/m0/s1. The van der Waals surface area contributed by atoms with E-state index in [1.54, 1.807) is 27.7 Å². The Kier molecular flexibility index (Phi) is 19.8. The molecule has 0 radical (unpaired) electrons. The number of esters is 1. The highest BCUT2D eigenvalue weighted by Crippen LogP contribution is 2.39. The SMILES string of the molecule is CC[C@H](C)[C@@H](NC(=O)[C@@H](NC(=O)[C@@H](CC(C)C)N(C)C(=O)OC(C)(C)C)[C@@H](C)OCc1ccccc1)[C@H](CC(=O)OCC(Cl)(Cl)Cl)O[Si](C)(C)C(C)(C)C. The van der Waals surface area contributed by atoms with E-state index in [0.717, 1.165) is 5.56 Å². The van der Waals surface area contributed by atoms with Crippen molar-refractivity contribution in [3.63, 3.8) is 0 Å². The van der Waals surface area contributed by atoms with Gasteiger partial charge in [0, 0.05) is 7.05 Å². The van der Waals surface area contributed by atoms with Crippen LogP contribution in [0.1, 0.15) is 101 Å². The molecule has 0 aliphatic carbocycles. The maximum Gasteiger partial charge on any atom is 0.410 e. The Balaban J connectivity index is 3.66. The van der Waals surface area contributed by atoms with Gasteiger partial charge < -0.3 is 29.3 Å². The van der Waals surface area contributed by atoms with Crippen molar-refractivity contribution < 1.29 is 37.8 Å². The van der Waals surface area contributed by atoms with Crippen molar-refractivity contribution in [2.75, 3.05) is 13.7 Å². The van der Waals surface area contributed by atoms with E-state index in [-0.39, 0.29) is 29.9 Å². The fourth-order valence-corrected chi connectivity index (χ4v) is 6.69. The van der Waals surface area contributed by atoms with Crippen molar-refractivity contribution in [2.45, 2.75) is 160 Å². The minimum atomic E-state index is -2.54. The van der Waals surface area contributed by atoms with Crippen LogP contribution in [-0.4, -0.2) is 90.5 Å². The van der Waals surface area contributed by atoms with Gasteiger partial charge in [0.1, 0.15) is 24.3 Å². The number of alkyl halides is 3. The zero-order chi connectivity index (χ0) is 41.8. The summed E-state index contributed by atoms with van der Waals surface area (Å²) < 4.78 is 22.2. The molecule has 15 heteroatoms. The lowest BCUT2D eigenvalue weighted by molar-refractivity contribution is -0.146. The van der Waals surface area contributed by atoms with Crippen molar-refractivity contribution >= 4 is 67.0 Å². The van der Waals surface area contributed by atoms with Crippen LogP contribution in [0.15, 0.2) is 30.3 Å². The monoisotopic (exact) mass is 837 g/mol. The average molecular weight is 839 g/mol. The van der Waals surface area contributed by atoms with Crippen LogP contribution in [0, 0.1) is 11.8 Å². The molecule has 0 saturated carbocycles. The molecule has 1 aromatic carbocycles. The van der Waals surface area contributed by atoms with Gasteiger partial charge in [0.25, 0.3) is 0 Å². The molecule has 0 fully saturated rings. The minimum absolute atomic E-state index is 0.0222. The van der Waals surface area contributed by atoms with Crippen LogP contribution in [0.25, 0.3) is 0 Å². The number of rotatable bonds is 19. The molecule has 1 aromatic rings. The predicted octanol–water partition coefficient (Wildman–Crippen LogP) is 8.58. The molecule has 310 valence electrons. The van der Waals surface area contributed by atoms with E-state index in [0.29, 0.717) is 12.8 Å². The first-order valence-electron chi connectivity index (χ1n) is 18.7. The Hall–Kier alpha value is -2.09. The van der Waals surface area contributed by atoms with Gasteiger partial charge in [0.15, 0.2) is 8.32 Å². The zero-order valence-corrected chi connectivity index (χ0v) is 38.1. The Morgan fingerprint density at radius 1 is 0.889 bits per heavy atom. The third-order valence-corrected chi connectivity index (χ3v) is 14.4. The van der Waals surface area contributed by atoms with Gasteiger partial charge in [0.2, 0.25) is 15.6 Å². The maximum atomic E-state index is 14.6. The van der Waals surface area contributed by atoms with Gasteiger partial charge >= 0.3 is 12.1 Å². The molecular formula is C39H66Cl3N3O8Si. The third kappa shape index (κ3) is 17.8. The number of hydrogen-bond acceptors (Lipinski definition) is 8. The summed E-state index contributed by atoms with van der Waals surface area (Å²) in [6.45, 7) is 24.8. The summed E-state index contributed by atoms with van der Waals surface area (Å²) in [5.41, 5.74) is 0.0966. The van der Waals surface area contributed by atoms with E-state index in [1.807, 2.05) is 58.0 Å². The molecule has 0 spiro atoms. The Labute approximate surface area is 340 Å². The van der Waals surface area contributed by atoms with Gasteiger partial charge in [-0.3, -0.25) is 19.3 Å². The Morgan fingerprint density at radius 2 is 1.46 bits per heavy atom. The Morgan fingerprint density at radius 3 is 1.94 bits per heavy atom. The van der Waals surface area contributed by atoms with E-state index in [9.17, 15) is 19.2 Å². The normalized spacial score (nSPS) is 16.0. The van der Waals surface area contributed by atoms with Gasteiger partial charge in [-0.1, -0.05) is 120 Å². The number of nitrogens with zero attached hydrogens (tertiary/aromatic N) is 1. The summed E-state index contributed by atoms with van der Waals surface area (Å²) in [4.78, 5) is 56.4. The number of carbonyl (C=O) groups excluding carboxylic acids is 4. The van der Waals surface area contributed by atoms with Crippen LogP contribution in [0.5, 0.6) is 0 Å². The first kappa shape index (κ1) is 49.9. The molecule has 0 aromatic heterocycles. The van der Waals surface area contributed by atoms with Crippen molar-refractivity contribution in [3.8, 4) is 0 Å². The first-order valence-corrected chi connectivity index (χ1v) is 22.7. The third-order valence-electron chi connectivity index (χ3n) is 9.53. The Bertz CT molecular complexity index is 1350. The highest BCUT2D eigenvalue weighted by molar-refractivity contribution is 6.74. The van der Waals surface area contributed by atoms with Crippen LogP contribution >= 0.6 is 34.8 Å². The first-order chi connectivity index (χ1) is 24.6. The molecular weight excluding hydrogens is 773 g/mol. The molecule has 6 atom stereocenters. The molecule has 0 saturated heterocycles. The highest BCUT2D eigenvalue weighted by atomic mass is 35.6. The topological polar surface area (TPSA) is 133 Å². The fourth-order valence-electron chi connectivity index (χ4n) is 5.18. The zero-order valence-electron chi connectivity index (χ0n) is 34.8. The number of carbonyl (C=O) groups is 4. The molecule has 1 rings (SSSR count). The fraction of sp³-hybridized carbons (Fsp3) is 0.744. The second-order valence-corrected chi connectivity index (χ2v) is 24.3. The van der Waals surface area contributed by atoms with Gasteiger partial charge in [-0.2, -0.15) is 0 Å².